The lowest BCUT2D eigenvalue weighted by molar-refractivity contribution is 0.0954. The number of halogens is 1. The van der Waals surface area contributed by atoms with Crippen molar-refractivity contribution >= 4 is 34.7 Å². The SMILES string of the molecule is Cc1nc(CCNC(=O)c2cc(Cl)nc(NN)c2)cs1. The first-order valence-corrected chi connectivity index (χ1v) is 7.17. The fourth-order valence-corrected chi connectivity index (χ4v) is 2.49. The van der Waals surface area contributed by atoms with Crippen LogP contribution in [0.15, 0.2) is 17.5 Å². The van der Waals surface area contributed by atoms with Crippen LogP contribution in [0.2, 0.25) is 5.15 Å². The fraction of sp³-hybridized carbons (Fsp3) is 0.250. The van der Waals surface area contributed by atoms with Crippen LogP contribution < -0.4 is 16.6 Å². The van der Waals surface area contributed by atoms with Gasteiger partial charge in [-0.05, 0) is 19.1 Å². The number of amides is 1. The summed E-state index contributed by atoms with van der Waals surface area (Å²) >= 11 is 7.41. The minimum absolute atomic E-state index is 0.209. The van der Waals surface area contributed by atoms with Crippen molar-refractivity contribution < 1.29 is 4.79 Å². The number of carbonyl (C=O) groups excluding carboxylic acids is 1. The standard InChI is InChI=1S/C12H14ClN5OS/c1-7-16-9(6-20-7)2-3-15-12(19)8-4-10(13)17-11(5-8)18-14/h4-6H,2-3,14H2,1H3,(H,15,19)(H,17,18). The molecule has 1 amide bonds. The molecule has 4 N–H and O–H groups in total. The highest BCUT2D eigenvalue weighted by Gasteiger charge is 2.09. The van der Waals surface area contributed by atoms with Crippen LogP contribution in [0.1, 0.15) is 21.1 Å². The molecule has 0 bridgehead atoms. The van der Waals surface area contributed by atoms with Gasteiger partial charge in [-0.15, -0.1) is 11.3 Å². The highest BCUT2D eigenvalue weighted by Crippen LogP contribution is 2.13. The maximum absolute atomic E-state index is 12.0. The van der Waals surface area contributed by atoms with E-state index in [4.69, 9.17) is 17.4 Å². The quantitative estimate of drug-likeness (QED) is 0.444. The largest absolute Gasteiger partial charge is 0.352 e. The average Bonchev–Trinajstić information content (AvgIpc) is 2.83. The van der Waals surface area contributed by atoms with E-state index in [-0.39, 0.29) is 11.1 Å². The molecule has 0 atom stereocenters. The van der Waals surface area contributed by atoms with Gasteiger partial charge in [0.05, 0.1) is 10.7 Å². The molecule has 0 aliphatic carbocycles. The summed E-state index contributed by atoms with van der Waals surface area (Å²) in [5.74, 6) is 5.38. The zero-order valence-electron chi connectivity index (χ0n) is 10.8. The molecule has 2 heterocycles. The number of nitrogen functional groups attached to an aromatic ring is 1. The predicted molar refractivity (Wildman–Crippen MR) is 79.9 cm³/mol. The maximum Gasteiger partial charge on any atom is 0.251 e. The summed E-state index contributed by atoms with van der Waals surface area (Å²) in [6.45, 7) is 2.46. The Balaban J connectivity index is 1.93. The van der Waals surface area contributed by atoms with Crippen molar-refractivity contribution in [3.05, 3.63) is 38.9 Å². The molecule has 2 aromatic heterocycles. The minimum atomic E-state index is -0.224. The van der Waals surface area contributed by atoms with Crippen molar-refractivity contribution in [1.82, 2.24) is 15.3 Å². The van der Waals surface area contributed by atoms with Gasteiger partial charge in [0.2, 0.25) is 0 Å². The number of carbonyl (C=O) groups is 1. The summed E-state index contributed by atoms with van der Waals surface area (Å²) in [7, 11) is 0. The number of aromatic nitrogens is 2. The summed E-state index contributed by atoms with van der Waals surface area (Å²) < 4.78 is 0. The molecule has 0 fully saturated rings. The maximum atomic E-state index is 12.0. The lowest BCUT2D eigenvalue weighted by Crippen LogP contribution is -2.26. The van der Waals surface area contributed by atoms with E-state index in [1.54, 1.807) is 11.3 Å². The van der Waals surface area contributed by atoms with E-state index in [0.29, 0.717) is 24.3 Å². The van der Waals surface area contributed by atoms with E-state index in [9.17, 15) is 4.79 Å². The first-order valence-electron chi connectivity index (χ1n) is 5.92. The second-order valence-electron chi connectivity index (χ2n) is 4.07. The summed E-state index contributed by atoms with van der Waals surface area (Å²) in [4.78, 5) is 20.2. The van der Waals surface area contributed by atoms with Gasteiger partial charge in [-0.3, -0.25) is 4.79 Å². The van der Waals surface area contributed by atoms with E-state index in [1.807, 2.05) is 12.3 Å². The number of pyridine rings is 1. The van der Waals surface area contributed by atoms with Gasteiger partial charge >= 0.3 is 0 Å². The Kier molecular flexibility index (Phi) is 4.89. The molecule has 106 valence electrons. The van der Waals surface area contributed by atoms with E-state index < -0.39 is 0 Å². The molecule has 0 unspecified atom stereocenters. The molecular weight excluding hydrogens is 298 g/mol. The van der Waals surface area contributed by atoms with E-state index in [1.165, 1.54) is 12.1 Å². The molecule has 0 aromatic carbocycles. The number of hydrazine groups is 1. The van der Waals surface area contributed by atoms with E-state index >= 15 is 0 Å². The molecule has 0 saturated carbocycles. The van der Waals surface area contributed by atoms with Gasteiger partial charge in [0, 0.05) is 23.9 Å². The molecule has 8 heteroatoms. The monoisotopic (exact) mass is 311 g/mol. The summed E-state index contributed by atoms with van der Waals surface area (Å²) in [6, 6.07) is 3.03. The number of nitrogens with zero attached hydrogens (tertiary/aromatic N) is 2. The smallest absolute Gasteiger partial charge is 0.251 e. The highest BCUT2D eigenvalue weighted by atomic mass is 35.5. The Morgan fingerprint density at radius 1 is 1.45 bits per heavy atom. The molecule has 0 aliphatic heterocycles. The zero-order chi connectivity index (χ0) is 14.5. The number of hydrogen-bond donors (Lipinski definition) is 3. The average molecular weight is 312 g/mol. The van der Waals surface area contributed by atoms with Gasteiger partial charge in [0.15, 0.2) is 0 Å². The van der Waals surface area contributed by atoms with Crippen molar-refractivity contribution in [3.63, 3.8) is 0 Å². The topological polar surface area (TPSA) is 92.9 Å². The van der Waals surface area contributed by atoms with E-state index in [2.05, 4.69) is 20.7 Å². The van der Waals surface area contributed by atoms with Crippen LogP contribution in [0.25, 0.3) is 0 Å². The van der Waals surface area contributed by atoms with Crippen molar-refractivity contribution in [2.75, 3.05) is 12.0 Å². The Morgan fingerprint density at radius 3 is 2.90 bits per heavy atom. The molecule has 20 heavy (non-hydrogen) atoms. The van der Waals surface area contributed by atoms with Crippen molar-refractivity contribution in [1.29, 1.82) is 0 Å². The number of nitrogens with one attached hydrogen (secondary N) is 2. The third kappa shape index (κ3) is 3.89. The third-order valence-corrected chi connectivity index (χ3v) is 3.55. The highest BCUT2D eigenvalue weighted by molar-refractivity contribution is 7.09. The number of anilines is 1. The minimum Gasteiger partial charge on any atom is -0.352 e. The Morgan fingerprint density at radius 2 is 2.25 bits per heavy atom. The second-order valence-corrected chi connectivity index (χ2v) is 5.52. The van der Waals surface area contributed by atoms with E-state index in [0.717, 1.165) is 10.7 Å². The summed E-state index contributed by atoms with van der Waals surface area (Å²) in [5, 5.41) is 6.02. The number of hydrogen-bond acceptors (Lipinski definition) is 6. The first-order chi connectivity index (χ1) is 9.58. The third-order valence-electron chi connectivity index (χ3n) is 2.54. The van der Waals surface area contributed by atoms with Gasteiger partial charge in [-0.25, -0.2) is 15.8 Å². The molecule has 0 aliphatic rings. The molecule has 2 aromatic rings. The number of aryl methyl sites for hydroxylation is 1. The Hall–Kier alpha value is -1.70. The second kappa shape index (κ2) is 6.65. The van der Waals surface area contributed by atoms with Crippen LogP contribution in [-0.4, -0.2) is 22.4 Å². The normalized spacial score (nSPS) is 10.3. The lowest BCUT2D eigenvalue weighted by Gasteiger charge is -2.06. The predicted octanol–water partition coefficient (Wildman–Crippen LogP) is 1.76. The van der Waals surface area contributed by atoms with Crippen LogP contribution in [0, 0.1) is 6.92 Å². The van der Waals surface area contributed by atoms with Crippen molar-refractivity contribution in [2.24, 2.45) is 5.84 Å². The molecule has 0 radical (unpaired) electrons. The van der Waals surface area contributed by atoms with Crippen molar-refractivity contribution in [2.45, 2.75) is 13.3 Å². The molecule has 6 nitrogen and oxygen atoms in total. The fourth-order valence-electron chi connectivity index (χ4n) is 1.63. The Labute approximate surface area is 125 Å². The summed E-state index contributed by atoms with van der Waals surface area (Å²) in [6.07, 6.45) is 0.691. The lowest BCUT2D eigenvalue weighted by atomic mass is 10.2. The van der Waals surface area contributed by atoms with Crippen LogP contribution in [0.3, 0.4) is 0 Å². The zero-order valence-corrected chi connectivity index (χ0v) is 12.4. The molecular formula is C12H14ClN5OS. The summed E-state index contributed by atoms with van der Waals surface area (Å²) in [5.41, 5.74) is 3.75. The van der Waals surface area contributed by atoms with Gasteiger partial charge in [0.1, 0.15) is 11.0 Å². The molecule has 0 spiro atoms. The molecule has 2 rings (SSSR count). The van der Waals surface area contributed by atoms with Crippen LogP contribution in [-0.2, 0) is 6.42 Å². The van der Waals surface area contributed by atoms with Crippen LogP contribution >= 0.6 is 22.9 Å². The van der Waals surface area contributed by atoms with Crippen LogP contribution in [0.5, 0.6) is 0 Å². The van der Waals surface area contributed by atoms with Gasteiger partial charge in [0.25, 0.3) is 5.91 Å². The molecule has 0 saturated heterocycles. The van der Waals surface area contributed by atoms with Gasteiger partial charge in [-0.1, -0.05) is 11.6 Å². The number of nitrogens with two attached hydrogens (primary N) is 1. The van der Waals surface area contributed by atoms with Gasteiger partial charge < -0.3 is 10.7 Å². The first kappa shape index (κ1) is 14.7. The Bertz CT molecular complexity index is 616. The number of rotatable bonds is 5. The van der Waals surface area contributed by atoms with Crippen LogP contribution in [0.4, 0.5) is 5.82 Å². The van der Waals surface area contributed by atoms with Gasteiger partial charge in [-0.2, -0.15) is 0 Å². The number of thiazole rings is 1. The van der Waals surface area contributed by atoms with Crippen molar-refractivity contribution in [3.8, 4) is 0 Å².